The van der Waals surface area contributed by atoms with Crippen LogP contribution in [0, 0.1) is 5.92 Å². The largest absolute Gasteiger partial charge is 0.453 e. The molecule has 0 spiro atoms. The van der Waals surface area contributed by atoms with E-state index >= 15 is 0 Å². The molecule has 7 nitrogen and oxygen atoms in total. The number of alkyl halides is 3. The second-order valence-electron chi connectivity index (χ2n) is 7.64. The highest BCUT2D eigenvalue weighted by Crippen LogP contribution is 2.30. The number of fused-ring (bicyclic) bond motifs is 1. The SMILES string of the molecule is CC(NC(=O)C1CCN(c2ccc3nnc(C(F)(F)F)n3n2)CC1)c1ccc(Cl)cc1Cl. The van der Waals surface area contributed by atoms with Gasteiger partial charge in [0.05, 0.1) is 6.04 Å². The van der Waals surface area contributed by atoms with E-state index in [0.717, 1.165) is 5.56 Å². The minimum Gasteiger partial charge on any atom is -0.355 e. The molecule has 3 heterocycles. The number of halogens is 5. The molecule has 1 N–H and O–H groups in total. The Morgan fingerprint density at radius 3 is 2.53 bits per heavy atom. The van der Waals surface area contributed by atoms with Crippen LogP contribution in [0.3, 0.4) is 0 Å². The number of piperidine rings is 1. The fourth-order valence-electron chi connectivity index (χ4n) is 3.76. The lowest BCUT2D eigenvalue weighted by molar-refractivity contribution is -0.146. The average Bonchev–Trinajstić information content (AvgIpc) is 3.17. The van der Waals surface area contributed by atoms with Gasteiger partial charge in [-0.2, -0.15) is 17.7 Å². The smallest absolute Gasteiger partial charge is 0.355 e. The van der Waals surface area contributed by atoms with Gasteiger partial charge in [-0.1, -0.05) is 29.3 Å². The highest BCUT2D eigenvalue weighted by molar-refractivity contribution is 6.35. The number of carbonyl (C=O) groups excluding carboxylic acids is 1. The molecule has 4 rings (SSSR count). The summed E-state index contributed by atoms with van der Waals surface area (Å²) in [5.74, 6) is -1.10. The van der Waals surface area contributed by atoms with Gasteiger partial charge in [0.25, 0.3) is 5.82 Å². The van der Waals surface area contributed by atoms with Crippen molar-refractivity contribution in [3.8, 4) is 0 Å². The number of hydrogen-bond donors (Lipinski definition) is 1. The van der Waals surface area contributed by atoms with Crippen molar-refractivity contribution in [2.45, 2.75) is 32.0 Å². The Kier molecular flexibility index (Phi) is 6.17. The lowest BCUT2D eigenvalue weighted by atomic mass is 9.95. The predicted octanol–water partition coefficient (Wildman–Crippen LogP) is 4.54. The second-order valence-corrected chi connectivity index (χ2v) is 8.48. The Hall–Kier alpha value is -2.59. The lowest BCUT2D eigenvalue weighted by Crippen LogP contribution is -2.41. The highest BCUT2D eigenvalue weighted by Gasteiger charge is 2.38. The Labute approximate surface area is 191 Å². The normalized spacial score (nSPS) is 16.4. The highest BCUT2D eigenvalue weighted by atomic mass is 35.5. The summed E-state index contributed by atoms with van der Waals surface area (Å²) in [7, 11) is 0. The summed E-state index contributed by atoms with van der Waals surface area (Å²) >= 11 is 12.1. The number of hydrogen-bond acceptors (Lipinski definition) is 5. The molecule has 2 aromatic heterocycles. The Bertz CT molecular complexity index is 1140. The Morgan fingerprint density at radius 1 is 1.16 bits per heavy atom. The zero-order valence-electron chi connectivity index (χ0n) is 16.9. The molecule has 170 valence electrons. The molecule has 1 fully saturated rings. The average molecular weight is 487 g/mol. The Morgan fingerprint density at radius 2 is 1.88 bits per heavy atom. The third-order valence-corrected chi connectivity index (χ3v) is 6.04. The second kappa shape index (κ2) is 8.74. The van der Waals surface area contributed by atoms with E-state index in [1.54, 1.807) is 24.3 Å². The van der Waals surface area contributed by atoms with Crippen molar-refractivity contribution in [1.82, 2.24) is 25.1 Å². The zero-order chi connectivity index (χ0) is 23.0. The maximum atomic E-state index is 13.1. The summed E-state index contributed by atoms with van der Waals surface area (Å²) in [5.41, 5.74) is 0.791. The van der Waals surface area contributed by atoms with Crippen LogP contribution in [0.2, 0.25) is 10.0 Å². The molecule has 0 bridgehead atoms. The molecule has 1 unspecified atom stereocenters. The number of carbonyl (C=O) groups is 1. The van der Waals surface area contributed by atoms with Crippen LogP contribution in [0.5, 0.6) is 0 Å². The summed E-state index contributed by atoms with van der Waals surface area (Å²) in [6.07, 6.45) is -3.57. The topological polar surface area (TPSA) is 75.4 Å². The van der Waals surface area contributed by atoms with Crippen LogP contribution in [-0.2, 0) is 11.0 Å². The molecule has 0 saturated carbocycles. The van der Waals surface area contributed by atoms with Crippen LogP contribution >= 0.6 is 23.2 Å². The van der Waals surface area contributed by atoms with Gasteiger partial charge >= 0.3 is 6.18 Å². The number of rotatable bonds is 4. The van der Waals surface area contributed by atoms with Crippen molar-refractivity contribution in [3.63, 3.8) is 0 Å². The molecule has 1 amide bonds. The first-order valence-electron chi connectivity index (χ1n) is 9.93. The maximum absolute atomic E-state index is 13.1. The van der Waals surface area contributed by atoms with Gasteiger partial charge in [0, 0.05) is 29.1 Å². The van der Waals surface area contributed by atoms with E-state index in [-0.39, 0.29) is 23.5 Å². The molecule has 12 heteroatoms. The van der Waals surface area contributed by atoms with Gasteiger partial charge < -0.3 is 10.2 Å². The van der Waals surface area contributed by atoms with E-state index < -0.39 is 12.0 Å². The summed E-state index contributed by atoms with van der Waals surface area (Å²) < 4.78 is 40.0. The first-order chi connectivity index (χ1) is 15.1. The Balaban J connectivity index is 1.40. The number of anilines is 1. The standard InChI is InChI=1S/C20H19Cl2F3N6O/c1-11(14-3-2-13(21)10-15(14)22)26-18(32)12-6-8-30(9-7-12)17-5-4-16-27-28-19(20(23,24)25)31(16)29-17/h2-5,10-12H,6-9H2,1H3,(H,26,32). The van der Waals surface area contributed by atoms with Crippen LogP contribution in [0.15, 0.2) is 30.3 Å². The third kappa shape index (κ3) is 4.61. The van der Waals surface area contributed by atoms with Gasteiger partial charge in [0.15, 0.2) is 5.65 Å². The van der Waals surface area contributed by atoms with Crippen molar-refractivity contribution < 1.29 is 18.0 Å². The van der Waals surface area contributed by atoms with Gasteiger partial charge in [-0.25, -0.2) is 0 Å². The number of nitrogens with one attached hydrogen (secondary N) is 1. The van der Waals surface area contributed by atoms with Gasteiger partial charge in [-0.15, -0.1) is 15.3 Å². The summed E-state index contributed by atoms with van der Waals surface area (Å²) in [5, 5.41) is 14.8. The van der Waals surface area contributed by atoms with Crippen LogP contribution in [0.1, 0.15) is 37.2 Å². The van der Waals surface area contributed by atoms with Gasteiger partial charge in [0.1, 0.15) is 5.82 Å². The van der Waals surface area contributed by atoms with Crippen LogP contribution in [0.25, 0.3) is 5.65 Å². The van der Waals surface area contributed by atoms with Crippen molar-refractivity contribution in [2.75, 3.05) is 18.0 Å². The van der Waals surface area contributed by atoms with Gasteiger partial charge in [-0.05, 0) is 49.6 Å². The first kappa shape index (κ1) is 22.6. The minimum absolute atomic E-state index is 0.0187. The predicted molar refractivity (Wildman–Crippen MR) is 114 cm³/mol. The van der Waals surface area contributed by atoms with Crippen LogP contribution in [0.4, 0.5) is 19.0 Å². The molecule has 3 aromatic rings. The quantitative estimate of drug-likeness (QED) is 0.585. The third-order valence-electron chi connectivity index (χ3n) is 5.48. The van der Waals surface area contributed by atoms with E-state index in [0.29, 0.717) is 46.3 Å². The van der Waals surface area contributed by atoms with Crippen molar-refractivity contribution in [2.24, 2.45) is 5.92 Å². The van der Waals surface area contributed by atoms with Gasteiger partial charge in [-0.3, -0.25) is 4.79 Å². The molecule has 1 aliphatic heterocycles. The number of benzene rings is 1. The molecule has 0 radical (unpaired) electrons. The van der Waals surface area contributed by atoms with E-state index in [9.17, 15) is 18.0 Å². The molecule has 1 atom stereocenters. The molecule has 1 aliphatic rings. The van der Waals surface area contributed by atoms with Crippen molar-refractivity contribution in [1.29, 1.82) is 0 Å². The van der Waals surface area contributed by atoms with Crippen molar-refractivity contribution >= 4 is 40.6 Å². The molecular weight excluding hydrogens is 468 g/mol. The van der Waals surface area contributed by atoms with Crippen LogP contribution < -0.4 is 10.2 Å². The van der Waals surface area contributed by atoms with E-state index in [1.165, 1.54) is 6.07 Å². The van der Waals surface area contributed by atoms with E-state index in [4.69, 9.17) is 23.2 Å². The number of amides is 1. The van der Waals surface area contributed by atoms with E-state index in [1.807, 2.05) is 11.8 Å². The monoisotopic (exact) mass is 486 g/mol. The molecule has 0 aliphatic carbocycles. The maximum Gasteiger partial charge on any atom is 0.453 e. The summed E-state index contributed by atoms with van der Waals surface area (Å²) in [4.78, 5) is 14.6. The van der Waals surface area contributed by atoms with Crippen LogP contribution in [-0.4, -0.2) is 38.8 Å². The lowest BCUT2D eigenvalue weighted by Gasteiger charge is -2.32. The molecule has 32 heavy (non-hydrogen) atoms. The summed E-state index contributed by atoms with van der Waals surface area (Å²) in [6, 6.07) is 7.89. The molecule has 1 aromatic carbocycles. The number of nitrogens with zero attached hydrogens (tertiary/aromatic N) is 5. The summed E-state index contributed by atoms with van der Waals surface area (Å²) in [6.45, 7) is 2.81. The van der Waals surface area contributed by atoms with Crippen molar-refractivity contribution in [3.05, 3.63) is 51.8 Å². The fourth-order valence-corrected chi connectivity index (χ4v) is 4.33. The fraction of sp³-hybridized carbons (Fsp3) is 0.400. The number of aromatic nitrogens is 4. The minimum atomic E-state index is -4.65. The van der Waals surface area contributed by atoms with E-state index in [2.05, 4.69) is 20.6 Å². The molecular formula is C20H19Cl2F3N6O. The molecule has 1 saturated heterocycles. The zero-order valence-corrected chi connectivity index (χ0v) is 18.4. The van der Waals surface area contributed by atoms with Gasteiger partial charge in [0.2, 0.25) is 5.91 Å². The first-order valence-corrected chi connectivity index (χ1v) is 10.7.